The SMILES string of the molecule is CNC(=O)CNC(=O)C(CN)c1ccccc1.Cl. The lowest BCUT2D eigenvalue weighted by Gasteiger charge is -2.14. The van der Waals surface area contributed by atoms with Gasteiger partial charge in [-0.1, -0.05) is 30.3 Å². The molecule has 18 heavy (non-hydrogen) atoms. The molecule has 0 fully saturated rings. The van der Waals surface area contributed by atoms with Crippen molar-refractivity contribution >= 4 is 24.2 Å². The molecule has 2 amide bonds. The Hall–Kier alpha value is -1.59. The number of nitrogens with two attached hydrogens (primary N) is 1. The van der Waals surface area contributed by atoms with Gasteiger partial charge in [-0.15, -0.1) is 12.4 Å². The van der Waals surface area contributed by atoms with Crippen LogP contribution < -0.4 is 16.4 Å². The lowest BCUT2D eigenvalue weighted by molar-refractivity contribution is -0.126. The molecule has 0 saturated carbocycles. The summed E-state index contributed by atoms with van der Waals surface area (Å²) >= 11 is 0. The van der Waals surface area contributed by atoms with Gasteiger partial charge in [-0.2, -0.15) is 0 Å². The zero-order valence-corrected chi connectivity index (χ0v) is 11.0. The van der Waals surface area contributed by atoms with Crippen LogP contribution in [0.3, 0.4) is 0 Å². The summed E-state index contributed by atoms with van der Waals surface area (Å²) in [5, 5.41) is 4.98. The molecule has 1 rings (SSSR count). The summed E-state index contributed by atoms with van der Waals surface area (Å²) in [7, 11) is 1.52. The van der Waals surface area contributed by atoms with Gasteiger partial charge in [0.1, 0.15) is 0 Å². The van der Waals surface area contributed by atoms with Crippen molar-refractivity contribution in [3.8, 4) is 0 Å². The highest BCUT2D eigenvalue weighted by Crippen LogP contribution is 2.13. The number of nitrogens with one attached hydrogen (secondary N) is 2. The summed E-state index contributed by atoms with van der Waals surface area (Å²) in [6.07, 6.45) is 0. The molecule has 0 spiro atoms. The Morgan fingerprint density at radius 2 is 1.89 bits per heavy atom. The van der Waals surface area contributed by atoms with Crippen molar-refractivity contribution in [1.82, 2.24) is 10.6 Å². The molecule has 0 aliphatic heterocycles. The Balaban J connectivity index is 0.00000289. The van der Waals surface area contributed by atoms with E-state index in [-0.39, 0.29) is 37.3 Å². The number of halogens is 1. The minimum absolute atomic E-state index is 0. The summed E-state index contributed by atoms with van der Waals surface area (Å²) in [4.78, 5) is 22.8. The first-order valence-corrected chi connectivity index (χ1v) is 5.42. The van der Waals surface area contributed by atoms with Crippen molar-refractivity contribution in [3.05, 3.63) is 35.9 Å². The van der Waals surface area contributed by atoms with Gasteiger partial charge >= 0.3 is 0 Å². The topological polar surface area (TPSA) is 84.2 Å². The predicted octanol–water partition coefficient (Wildman–Crippen LogP) is 0.0129. The Morgan fingerprint density at radius 1 is 1.28 bits per heavy atom. The number of amides is 2. The lowest BCUT2D eigenvalue weighted by Crippen LogP contribution is -2.39. The predicted molar refractivity (Wildman–Crippen MR) is 72.6 cm³/mol. The molecular weight excluding hydrogens is 254 g/mol. The molecular formula is C12H18ClN3O2. The fraction of sp³-hybridized carbons (Fsp3) is 0.333. The molecule has 1 aromatic carbocycles. The highest BCUT2D eigenvalue weighted by atomic mass is 35.5. The van der Waals surface area contributed by atoms with Crippen LogP contribution in [-0.4, -0.2) is 32.0 Å². The first-order valence-electron chi connectivity index (χ1n) is 5.42. The molecule has 5 nitrogen and oxygen atoms in total. The minimum atomic E-state index is -0.416. The maximum absolute atomic E-state index is 11.8. The van der Waals surface area contributed by atoms with Crippen LogP contribution in [0.1, 0.15) is 11.5 Å². The number of rotatable bonds is 5. The molecule has 1 unspecified atom stereocenters. The van der Waals surface area contributed by atoms with Crippen LogP contribution in [0.25, 0.3) is 0 Å². The van der Waals surface area contributed by atoms with Crippen molar-refractivity contribution in [1.29, 1.82) is 0 Å². The third kappa shape index (κ3) is 4.73. The number of hydrogen-bond acceptors (Lipinski definition) is 3. The van der Waals surface area contributed by atoms with Gasteiger partial charge < -0.3 is 16.4 Å². The zero-order chi connectivity index (χ0) is 12.7. The Kier molecular flexibility index (Phi) is 7.74. The van der Waals surface area contributed by atoms with Gasteiger partial charge in [0.25, 0.3) is 0 Å². The van der Waals surface area contributed by atoms with Crippen LogP contribution in [0, 0.1) is 0 Å². The van der Waals surface area contributed by atoms with Gasteiger partial charge in [-0.05, 0) is 5.56 Å². The van der Waals surface area contributed by atoms with Crippen LogP contribution in [0.15, 0.2) is 30.3 Å². The Labute approximate surface area is 113 Å². The van der Waals surface area contributed by atoms with E-state index in [4.69, 9.17) is 5.73 Å². The third-order valence-corrected chi connectivity index (χ3v) is 2.46. The fourth-order valence-electron chi connectivity index (χ4n) is 1.46. The first-order chi connectivity index (χ1) is 8.19. The molecule has 0 radical (unpaired) electrons. The van der Waals surface area contributed by atoms with Gasteiger partial charge in [0.2, 0.25) is 11.8 Å². The van der Waals surface area contributed by atoms with E-state index in [1.54, 1.807) is 0 Å². The largest absolute Gasteiger partial charge is 0.358 e. The van der Waals surface area contributed by atoms with Gasteiger partial charge in [-0.3, -0.25) is 9.59 Å². The molecule has 6 heteroatoms. The average molecular weight is 272 g/mol. The highest BCUT2D eigenvalue weighted by Gasteiger charge is 2.18. The van der Waals surface area contributed by atoms with Gasteiger partial charge in [-0.25, -0.2) is 0 Å². The molecule has 1 atom stereocenters. The molecule has 100 valence electrons. The van der Waals surface area contributed by atoms with Gasteiger partial charge in [0, 0.05) is 13.6 Å². The fourth-order valence-corrected chi connectivity index (χ4v) is 1.46. The second-order valence-electron chi connectivity index (χ2n) is 3.59. The number of likely N-dealkylation sites (N-methyl/N-ethyl adjacent to an activating group) is 1. The van der Waals surface area contributed by atoms with E-state index in [9.17, 15) is 9.59 Å². The third-order valence-electron chi connectivity index (χ3n) is 2.46. The molecule has 0 heterocycles. The molecule has 4 N–H and O–H groups in total. The van der Waals surface area contributed by atoms with Crippen molar-refractivity contribution in [2.45, 2.75) is 5.92 Å². The first kappa shape index (κ1) is 16.4. The van der Waals surface area contributed by atoms with Crippen LogP contribution in [0.4, 0.5) is 0 Å². The van der Waals surface area contributed by atoms with E-state index in [0.717, 1.165) is 5.56 Å². The zero-order valence-electron chi connectivity index (χ0n) is 10.2. The number of benzene rings is 1. The van der Waals surface area contributed by atoms with E-state index in [1.165, 1.54) is 7.05 Å². The number of carbonyl (C=O) groups excluding carboxylic acids is 2. The average Bonchev–Trinajstić information content (AvgIpc) is 2.38. The second-order valence-corrected chi connectivity index (χ2v) is 3.59. The summed E-state index contributed by atoms with van der Waals surface area (Å²) in [6.45, 7) is 0.183. The van der Waals surface area contributed by atoms with Crippen LogP contribution >= 0.6 is 12.4 Å². The van der Waals surface area contributed by atoms with Crippen molar-refractivity contribution < 1.29 is 9.59 Å². The van der Waals surface area contributed by atoms with Crippen molar-refractivity contribution in [3.63, 3.8) is 0 Å². The number of hydrogen-bond donors (Lipinski definition) is 3. The molecule has 0 aliphatic carbocycles. The Bertz CT molecular complexity index is 384. The second kappa shape index (κ2) is 8.49. The van der Waals surface area contributed by atoms with Gasteiger partial charge in [0.05, 0.1) is 12.5 Å². The Morgan fingerprint density at radius 3 is 2.39 bits per heavy atom. The number of carbonyl (C=O) groups is 2. The lowest BCUT2D eigenvalue weighted by atomic mass is 9.98. The highest BCUT2D eigenvalue weighted by molar-refractivity contribution is 5.88. The molecule has 0 aromatic heterocycles. The maximum Gasteiger partial charge on any atom is 0.239 e. The van der Waals surface area contributed by atoms with E-state index in [1.807, 2.05) is 30.3 Å². The monoisotopic (exact) mass is 271 g/mol. The van der Waals surface area contributed by atoms with E-state index >= 15 is 0 Å². The molecule has 0 bridgehead atoms. The van der Waals surface area contributed by atoms with E-state index < -0.39 is 5.92 Å². The normalized spacial score (nSPS) is 11.0. The summed E-state index contributed by atoms with van der Waals surface area (Å²) in [6, 6.07) is 9.27. The standard InChI is InChI=1S/C12H17N3O2.ClH/c1-14-11(16)8-15-12(17)10(7-13)9-5-3-2-4-6-9;/h2-6,10H,7-8,13H2,1H3,(H,14,16)(H,15,17);1H. The maximum atomic E-state index is 11.8. The minimum Gasteiger partial charge on any atom is -0.358 e. The molecule has 0 aliphatic rings. The van der Waals surface area contributed by atoms with Crippen molar-refractivity contribution in [2.75, 3.05) is 20.1 Å². The van der Waals surface area contributed by atoms with Crippen LogP contribution in [0.2, 0.25) is 0 Å². The van der Waals surface area contributed by atoms with E-state index in [2.05, 4.69) is 10.6 Å². The quantitative estimate of drug-likeness (QED) is 0.706. The van der Waals surface area contributed by atoms with Gasteiger partial charge in [0.15, 0.2) is 0 Å². The molecule has 0 saturated heterocycles. The smallest absolute Gasteiger partial charge is 0.239 e. The summed E-state index contributed by atoms with van der Waals surface area (Å²) in [5.74, 6) is -0.884. The van der Waals surface area contributed by atoms with Crippen molar-refractivity contribution in [2.24, 2.45) is 5.73 Å². The summed E-state index contributed by atoms with van der Waals surface area (Å²) in [5.41, 5.74) is 6.43. The van der Waals surface area contributed by atoms with Crippen LogP contribution in [-0.2, 0) is 9.59 Å². The summed E-state index contributed by atoms with van der Waals surface area (Å²) < 4.78 is 0. The molecule has 1 aromatic rings. The van der Waals surface area contributed by atoms with E-state index in [0.29, 0.717) is 0 Å². The van der Waals surface area contributed by atoms with Crippen LogP contribution in [0.5, 0.6) is 0 Å².